The van der Waals surface area contributed by atoms with E-state index in [2.05, 4.69) is 15.2 Å². The van der Waals surface area contributed by atoms with Crippen LogP contribution in [0.2, 0.25) is 0 Å². The summed E-state index contributed by atoms with van der Waals surface area (Å²) in [6.07, 6.45) is -1.08. The van der Waals surface area contributed by atoms with Gasteiger partial charge in [-0.05, 0) is 18.2 Å². The molecule has 1 amide bonds. The van der Waals surface area contributed by atoms with Crippen molar-refractivity contribution < 1.29 is 22.7 Å². The van der Waals surface area contributed by atoms with E-state index in [-0.39, 0.29) is 11.1 Å². The monoisotopic (exact) mass is 376 g/mol. The van der Waals surface area contributed by atoms with Crippen molar-refractivity contribution in [1.29, 1.82) is 0 Å². The lowest BCUT2D eigenvalue weighted by atomic mass is 10.1. The van der Waals surface area contributed by atoms with E-state index in [1.54, 1.807) is 24.3 Å². The lowest BCUT2D eigenvalue weighted by Crippen LogP contribution is -2.38. The van der Waals surface area contributed by atoms with Gasteiger partial charge in [-0.2, -0.15) is 18.3 Å². The van der Waals surface area contributed by atoms with Crippen molar-refractivity contribution in [3.63, 3.8) is 0 Å². The Morgan fingerprint density at radius 1 is 1.22 bits per heavy atom. The Morgan fingerprint density at radius 3 is 2.70 bits per heavy atom. The number of H-pyrrole nitrogens is 1. The number of carbonyl (C=O) groups is 1. The molecular weight excluding hydrogens is 361 g/mol. The van der Waals surface area contributed by atoms with E-state index in [9.17, 15) is 18.0 Å². The fraction of sp³-hybridized carbons (Fsp3) is 0.167. The summed E-state index contributed by atoms with van der Waals surface area (Å²) in [7, 11) is 1.49. The minimum absolute atomic E-state index is 0.0126. The first kappa shape index (κ1) is 18.4. The minimum atomic E-state index is -4.68. The number of rotatable bonds is 5. The van der Waals surface area contributed by atoms with Crippen LogP contribution in [0.15, 0.2) is 55.0 Å². The number of aromatic amines is 1. The maximum atomic E-state index is 13.4. The number of hydrogen-bond donors (Lipinski definition) is 2. The fourth-order valence-corrected chi connectivity index (χ4v) is 2.57. The molecule has 0 unspecified atom stereocenters. The van der Waals surface area contributed by atoms with Crippen LogP contribution in [0.3, 0.4) is 0 Å². The Balaban J connectivity index is 1.91. The van der Waals surface area contributed by atoms with Gasteiger partial charge < -0.3 is 10.1 Å². The molecule has 1 aromatic carbocycles. The van der Waals surface area contributed by atoms with Crippen molar-refractivity contribution in [3.05, 3.63) is 66.1 Å². The highest BCUT2D eigenvalue weighted by Gasteiger charge is 2.42. The molecule has 0 saturated heterocycles. The molecule has 0 aliphatic rings. The number of hydrogen-bond acceptors (Lipinski definition) is 4. The van der Waals surface area contributed by atoms with Gasteiger partial charge in [-0.1, -0.05) is 18.2 Å². The number of pyridine rings is 1. The third kappa shape index (κ3) is 4.08. The molecule has 0 aliphatic carbocycles. The van der Waals surface area contributed by atoms with Crippen LogP contribution in [0.5, 0.6) is 5.75 Å². The van der Waals surface area contributed by atoms with Crippen LogP contribution in [-0.4, -0.2) is 34.4 Å². The number of halogens is 3. The molecule has 1 atom stereocenters. The maximum absolute atomic E-state index is 13.4. The largest absolute Gasteiger partial charge is 0.497 e. The summed E-state index contributed by atoms with van der Waals surface area (Å²) in [6.45, 7) is 0. The van der Waals surface area contributed by atoms with Crippen molar-refractivity contribution in [2.24, 2.45) is 0 Å². The zero-order valence-electron chi connectivity index (χ0n) is 14.1. The van der Waals surface area contributed by atoms with Crippen molar-refractivity contribution in [2.75, 3.05) is 7.11 Å². The first-order valence-electron chi connectivity index (χ1n) is 7.85. The molecule has 6 nitrogen and oxygen atoms in total. The number of methoxy groups -OCH3 is 1. The van der Waals surface area contributed by atoms with Gasteiger partial charge in [0.1, 0.15) is 5.75 Å². The molecule has 0 radical (unpaired) electrons. The quantitative estimate of drug-likeness (QED) is 0.714. The molecule has 3 rings (SSSR count). The first-order chi connectivity index (χ1) is 12.9. The van der Waals surface area contributed by atoms with Crippen LogP contribution in [0.4, 0.5) is 13.2 Å². The van der Waals surface area contributed by atoms with Gasteiger partial charge in [-0.15, -0.1) is 0 Å². The normalized spacial score (nSPS) is 12.4. The third-order valence-corrected chi connectivity index (χ3v) is 3.86. The number of nitrogens with zero attached hydrogens (tertiary/aromatic N) is 2. The standard InChI is InChI=1S/C18H15F3N4O2/c1-27-13-6-2-4-11(8-13)15-14(10-23-25-15)17(26)24-16(18(19,20)21)12-5-3-7-22-9-12/h2-10,16H,1H3,(H,23,25)(H,24,26)/t16-/m0/s1. The molecule has 0 saturated carbocycles. The average Bonchev–Trinajstić information content (AvgIpc) is 3.16. The molecule has 2 heterocycles. The fourth-order valence-electron chi connectivity index (χ4n) is 2.57. The molecule has 3 aromatic rings. The molecule has 0 fully saturated rings. The number of aromatic nitrogens is 3. The molecule has 0 aliphatic heterocycles. The van der Waals surface area contributed by atoms with Crippen LogP contribution >= 0.6 is 0 Å². The van der Waals surface area contributed by atoms with Crippen LogP contribution in [-0.2, 0) is 0 Å². The van der Waals surface area contributed by atoms with Crippen LogP contribution < -0.4 is 10.1 Å². The van der Waals surface area contributed by atoms with Gasteiger partial charge in [-0.3, -0.25) is 14.9 Å². The highest BCUT2D eigenvalue weighted by molar-refractivity contribution is 6.00. The van der Waals surface area contributed by atoms with Gasteiger partial charge in [-0.25, -0.2) is 0 Å². The van der Waals surface area contributed by atoms with E-state index in [0.717, 1.165) is 6.20 Å². The van der Waals surface area contributed by atoms with Crippen LogP contribution in [0.1, 0.15) is 22.0 Å². The molecule has 2 N–H and O–H groups in total. The lowest BCUT2D eigenvalue weighted by Gasteiger charge is -2.21. The number of ether oxygens (including phenoxy) is 1. The Hall–Kier alpha value is -3.36. The molecule has 0 bridgehead atoms. The van der Waals surface area contributed by atoms with E-state index in [1.165, 1.54) is 31.6 Å². The van der Waals surface area contributed by atoms with Crippen molar-refractivity contribution in [1.82, 2.24) is 20.5 Å². The highest BCUT2D eigenvalue weighted by Crippen LogP contribution is 2.33. The zero-order chi connectivity index (χ0) is 19.4. The Kier molecular flexibility index (Phi) is 5.11. The van der Waals surface area contributed by atoms with E-state index >= 15 is 0 Å². The van der Waals surface area contributed by atoms with Crippen molar-refractivity contribution >= 4 is 5.91 Å². The number of benzene rings is 1. The second-order valence-electron chi connectivity index (χ2n) is 5.63. The molecule has 9 heteroatoms. The molecule has 27 heavy (non-hydrogen) atoms. The van der Waals surface area contributed by atoms with Gasteiger partial charge in [0.25, 0.3) is 5.91 Å². The predicted octanol–water partition coefficient (Wildman–Crippen LogP) is 3.51. The smallest absolute Gasteiger partial charge is 0.412 e. The average molecular weight is 376 g/mol. The molecule has 2 aromatic heterocycles. The molecular formula is C18H15F3N4O2. The summed E-state index contributed by atoms with van der Waals surface area (Å²) < 4.78 is 45.5. The van der Waals surface area contributed by atoms with Crippen LogP contribution in [0, 0.1) is 0 Å². The summed E-state index contributed by atoms with van der Waals surface area (Å²) in [6, 6.07) is 7.18. The van der Waals surface area contributed by atoms with E-state index in [4.69, 9.17) is 4.74 Å². The summed E-state index contributed by atoms with van der Waals surface area (Å²) in [5.74, 6) is -0.371. The van der Waals surface area contributed by atoms with Crippen molar-refractivity contribution in [2.45, 2.75) is 12.2 Å². The second kappa shape index (κ2) is 7.48. The summed E-state index contributed by atoms with van der Waals surface area (Å²) in [5.41, 5.74) is 0.673. The maximum Gasteiger partial charge on any atom is 0.412 e. The Bertz CT molecular complexity index is 926. The summed E-state index contributed by atoms with van der Waals surface area (Å²) >= 11 is 0. The zero-order valence-corrected chi connectivity index (χ0v) is 14.1. The van der Waals surface area contributed by atoms with Crippen molar-refractivity contribution in [3.8, 4) is 17.0 Å². The van der Waals surface area contributed by atoms with Gasteiger partial charge in [0.15, 0.2) is 6.04 Å². The highest BCUT2D eigenvalue weighted by atomic mass is 19.4. The van der Waals surface area contributed by atoms with E-state index in [1.807, 2.05) is 5.32 Å². The Labute approximate surface area is 152 Å². The SMILES string of the molecule is COc1cccc(-c2[nH]ncc2C(=O)N[C@@H](c2cccnc2)C(F)(F)F)c1. The molecule has 140 valence electrons. The first-order valence-corrected chi connectivity index (χ1v) is 7.85. The number of alkyl halides is 3. The van der Waals surface area contributed by atoms with E-state index < -0.39 is 18.1 Å². The van der Waals surface area contributed by atoms with Gasteiger partial charge in [0.2, 0.25) is 0 Å². The summed E-state index contributed by atoms with van der Waals surface area (Å²) in [5, 5.41) is 8.46. The number of carbonyl (C=O) groups excluding carboxylic acids is 1. The van der Waals surface area contributed by atoms with Gasteiger partial charge in [0, 0.05) is 23.5 Å². The third-order valence-electron chi connectivity index (χ3n) is 3.86. The number of amides is 1. The lowest BCUT2D eigenvalue weighted by molar-refractivity contribution is -0.155. The molecule has 0 spiro atoms. The van der Waals surface area contributed by atoms with Gasteiger partial charge in [0.05, 0.1) is 24.6 Å². The predicted molar refractivity (Wildman–Crippen MR) is 91.1 cm³/mol. The number of nitrogens with one attached hydrogen (secondary N) is 2. The summed E-state index contributed by atoms with van der Waals surface area (Å²) in [4.78, 5) is 16.3. The second-order valence-corrected chi connectivity index (χ2v) is 5.63. The minimum Gasteiger partial charge on any atom is -0.497 e. The Morgan fingerprint density at radius 2 is 2.04 bits per heavy atom. The topological polar surface area (TPSA) is 79.9 Å². The van der Waals surface area contributed by atoms with E-state index in [0.29, 0.717) is 17.0 Å². The van der Waals surface area contributed by atoms with Gasteiger partial charge >= 0.3 is 6.18 Å². The van der Waals surface area contributed by atoms with Crippen LogP contribution in [0.25, 0.3) is 11.3 Å².